The van der Waals surface area contributed by atoms with Crippen molar-refractivity contribution < 1.29 is 29.6 Å². The third-order valence-corrected chi connectivity index (χ3v) is 2.48. The summed E-state index contributed by atoms with van der Waals surface area (Å²) in [6.07, 6.45) is -4.35. The number of nitrogens with one attached hydrogen (secondary N) is 1. The molecule has 0 bridgehead atoms. The topological polar surface area (TPSA) is 108 Å². The molecule has 94 valence electrons. The zero-order chi connectivity index (χ0) is 12.3. The zero-order valence-corrected chi connectivity index (χ0v) is 9.16. The van der Waals surface area contributed by atoms with Crippen LogP contribution in [0.4, 0.5) is 0 Å². The van der Waals surface area contributed by atoms with Crippen molar-refractivity contribution in [3.05, 3.63) is 0 Å². The Kier molecular flexibility index (Phi) is 4.63. The second-order valence-corrected chi connectivity index (χ2v) is 3.67. The van der Waals surface area contributed by atoms with Gasteiger partial charge in [-0.15, -0.1) is 0 Å². The van der Waals surface area contributed by atoms with Crippen molar-refractivity contribution in [1.29, 1.82) is 0 Å². The predicted molar refractivity (Wildman–Crippen MR) is 52.4 cm³/mol. The molecular weight excluding hydrogens is 221 g/mol. The lowest BCUT2D eigenvalue weighted by atomic mass is 10.0. The van der Waals surface area contributed by atoms with Gasteiger partial charge in [0, 0.05) is 14.0 Å². The summed E-state index contributed by atoms with van der Waals surface area (Å²) >= 11 is 0. The minimum atomic E-state index is -1.27. The second-order valence-electron chi connectivity index (χ2n) is 3.67. The van der Waals surface area contributed by atoms with E-state index in [-0.39, 0.29) is 5.91 Å². The van der Waals surface area contributed by atoms with Crippen molar-refractivity contribution in [2.45, 2.75) is 37.6 Å². The molecule has 4 N–H and O–H groups in total. The number of carbonyl (C=O) groups excluding carboxylic acids is 1. The Labute approximate surface area is 93.0 Å². The second kappa shape index (κ2) is 5.55. The number of aliphatic hydroxyl groups excluding tert-OH is 3. The smallest absolute Gasteiger partial charge is 0.217 e. The first-order valence-corrected chi connectivity index (χ1v) is 4.93. The Balaban J connectivity index is 2.77. The lowest BCUT2D eigenvalue weighted by Gasteiger charge is -2.41. The lowest BCUT2D eigenvalue weighted by molar-refractivity contribution is -0.262. The van der Waals surface area contributed by atoms with Crippen LogP contribution in [0.15, 0.2) is 0 Å². The molecular formula is C9H17NO6. The quantitative estimate of drug-likeness (QED) is 0.407. The Hall–Kier alpha value is -0.730. The van der Waals surface area contributed by atoms with Gasteiger partial charge in [-0.3, -0.25) is 4.79 Å². The fourth-order valence-electron chi connectivity index (χ4n) is 1.67. The van der Waals surface area contributed by atoms with Crippen LogP contribution < -0.4 is 5.32 Å². The summed E-state index contributed by atoms with van der Waals surface area (Å²) in [6.45, 7) is 0.842. The Morgan fingerprint density at radius 1 is 1.44 bits per heavy atom. The highest BCUT2D eigenvalue weighted by Gasteiger charge is 2.44. The van der Waals surface area contributed by atoms with Gasteiger partial charge in [-0.05, 0) is 0 Å². The first-order valence-electron chi connectivity index (χ1n) is 4.93. The third-order valence-electron chi connectivity index (χ3n) is 2.48. The standard InChI is InChI=1S/C9H17NO6/c1-4(12)10-6-8(14)7(13)5(3-11)16-9(6)15-2/h5-9,11,13-14H,3H2,1-2H3,(H,10,12)/t5-,6-,7-,8-,9-/m1/s1/i1+1,4+1,9+1. The molecule has 1 saturated heterocycles. The molecule has 1 aliphatic heterocycles. The molecule has 1 fully saturated rings. The number of methoxy groups -OCH3 is 1. The van der Waals surface area contributed by atoms with Gasteiger partial charge in [0.2, 0.25) is 5.91 Å². The molecule has 0 aromatic rings. The molecule has 1 rings (SSSR count). The number of ether oxygens (including phenoxy) is 2. The van der Waals surface area contributed by atoms with E-state index in [1.165, 1.54) is 14.0 Å². The zero-order valence-electron chi connectivity index (χ0n) is 9.16. The number of aliphatic hydroxyl groups is 3. The van der Waals surface area contributed by atoms with Gasteiger partial charge in [-0.1, -0.05) is 0 Å². The van der Waals surface area contributed by atoms with Gasteiger partial charge in [0.05, 0.1) is 6.61 Å². The predicted octanol–water partition coefficient (Wildman–Crippen LogP) is -2.42. The van der Waals surface area contributed by atoms with Crippen molar-refractivity contribution in [2.75, 3.05) is 13.7 Å². The first-order chi connectivity index (χ1) is 7.51. The summed E-state index contributed by atoms with van der Waals surface area (Å²) in [5.74, 6) is -0.371. The molecule has 16 heavy (non-hydrogen) atoms. The summed E-state index contributed by atoms with van der Waals surface area (Å²) in [4.78, 5) is 10.9. The van der Waals surface area contributed by atoms with Gasteiger partial charge in [-0.2, -0.15) is 0 Å². The highest BCUT2D eigenvalue weighted by atomic mass is 16.8. The van der Waals surface area contributed by atoms with Gasteiger partial charge < -0.3 is 30.1 Å². The number of rotatable bonds is 3. The maximum atomic E-state index is 10.9. The van der Waals surface area contributed by atoms with Crippen molar-refractivity contribution in [1.82, 2.24) is 5.32 Å². The van der Waals surface area contributed by atoms with Crippen LogP contribution in [0.1, 0.15) is 6.92 Å². The molecule has 1 aliphatic rings. The molecule has 0 aromatic heterocycles. The molecule has 7 nitrogen and oxygen atoms in total. The van der Waals surface area contributed by atoms with Crippen LogP contribution in [0, 0.1) is 0 Å². The summed E-state index contributed by atoms with van der Waals surface area (Å²) in [5, 5.41) is 30.7. The average molecular weight is 238 g/mol. The lowest BCUT2D eigenvalue weighted by Crippen LogP contribution is -2.64. The maximum Gasteiger partial charge on any atom is 0.217 e. The Bertz CT molecular complexity index is 246. The minimum Gasteiger partial charge on any atom is -0.394 e. The fourth-order valence-corrected chi connectivity index (χ4v) is 1.67. The van der Waals surface area contributed by atoms with Crippen LogP contribution in [-0.2, 0) is 14.3 Å². The highest BCUT2D eigenvalue weighted by Crippen LogP contribution is 2.21. The van der Waals surface area contributed by atoms with E-state index in [4.69, 9.17) is 14.6 Å². The molecule has 0 spiro atoms. The van der Waals surface area contributed by atoms with Gasteiger partial charge >= 0.3 is 0 Å². The van der Waals surface area contributed by atoms with Crippen LogP contribution in [0.3, 0.4) is 0 Å². The SMILES string of the molecule is CO[13C@@H]1O[C@H](CO)[C@@H](O)[C@H](O)[C@H]1N[13C]([13CH3])=O. The van der Waals surface area contributed by atoms with E-state index in [2.05, 4.69) is 5.32 Å². The normalized spacial score (nSPS) is 39.4. The average Bonchev–Trinajstić information content (AvgIpc) is 2.25. The number of carbonyl (C=O) groups is 1. The van der Waals surface area contributed by atoms with Crippen molar-refractivity contribution >= 4 is 5.91 Å². The minimum absolute atomic E-state index is 0.371. The summed E-state index contributed by atoms with van der Waals surface area (Å²) in [7, 11) is 1.35. The van der Waals surface area contributed by atoms with E-state index < -0.39 is 37.3 Å². The van der Waals surface area contributed by atoms with Crippen molar-refractivity contribution in [3.63, 3.8) is 0 Å². The largest absolute Gasteiger partial charge is 0.394 e. The van der Waals surface area contributed by atoms with Gasteiger partial charge in [-0.25, -0.2) is 0 Å². The van der Waals surface area contributed by atoms with Crippen LogP contribution >= 0.6 is 0 Å². The molecule has 0 radical (unpaired) electrons. The number of hydrogen-bond acceptors (Lipinski definition) is 6. The van der Waals surface area contributed by atoms with Crippen molar-refractivity contribution in [3.8, 4) is 0 Å². The van der Waals surface area contributed by atoms with E-state index in [0.29, 0.717) is 0 Å². The molecule has 5 atom stereocenters. The number of hydrogen-bond donors (Lipinski definition) is 4. The monoisotopic (exact) mass is 238 g/mol. The van der Waals surface area contributed by atoms with Crippen molar-refractivity contribution in [2.24, 2.45) is 0 Å². The Morgan fingerprint density at radius 2 is 2.06 bits per heavy atom. The summed E-state index contributed by atoms with van der Waals surface area (Å²) in [6, 6.07) is -0.861. The number of amides is 1. The van der Waals surface area contributed by atoms with E-state index in [1.807, 2.05) is 0 Å². The first kappa shape index (κ1) is 13.3. The molecule has 0 aromatic carbocycles. The summed E-state index contributed by atoms with van der Waals surface area (Å²) in [5.41, 5.74) is 0. The summed E-state index contributed by atoms with van der Waals surface area (Å²) < 4.78 is 10.1. The van der Waals surface area contributed by atoms with Crippen LogP contribution in [0.25, 0.3) is 0 Å². The van der Waals surface area contributed by atoms with E-state index in [1.54, 1.807) is 0 Å². The van der Waals surface area contributed by atoms with E-state index >= 15 is 0 Å². The highest BCUT2D eigenvalue weighted by molar-refractivity contribution is 5.73. The molecule has 0 unspecified atom stereocenters. The third kappa shape index (κ3) is 2.69. The molecule has 7 heteroatoms. The maximum absolute atomic E-state index is 10.9. The molecule has 0 aliphatic carbocycles. The molecule has 1 heterocycles. The molecule has 1 amide bonds. The van der Waals surface area contributed by atoms with Gasteiger partial charge in [0.25, 0.3) is 0 Å². The fraction of sp³-hybridized carbons (Fsp3) is 0.889. The van der Waals surface area contributed by atoms with Gasteiger partial charge in [0.1, 0.15) is 24.4 Å². The van der Waals surface area contributed by atoms with Crippen LogP contribution in [-0.4, -0.2) is 65.6 Å². The van der Waals surface area contributed by atoms with Crippen LogP contribution in [0.2, 0.25) is 0 Å². The van der Waals surface area contributed by atoms with E-state index in [0.717, 1.165) is 0 Å². The van der Waals surface area contributed by atoms with Gasteiger partial charge in [0.15, 0.2) is 6.29 Å². The van der Waals surface area contributed by atoms with Crippen LogP contribution in [0.5, 0.6) is 0 Å². The Morgan fingerprint density at radius 3 is 2.50 bits per heavy atom. The molecule has 0 saturated carbocycles. The van der Waals surface area contributed by atoms with E-state index in [9.17, 15) is 15.0 Å².